The van der Waals surface area contributed by atoms with E-state index in [9.17, 15) is 0 Å². The SMILES string of the molecule is CCC(C)CC(CC)NCC=C(C)C. The fraction of sp³-hybridized carbons (Fsp3) is 0.846. The van der Waals surface area contributed by atoms with Crippen LogP contribution in [-0.4, -0.2) is 12.6 Å². The van der Waals surface area contributed by atoms with Crippen molar-refractivity contribution in [3.63, 3.8) is 0 Å². The average Bonchev–Trinajstić information content (AvgIpc) is 2.15. The zero-order valence-electron chi connectivity index (χ0n) is 10.6. The first-order chi connectivity index (χ1) is 6.60. The van der Waals surface area contributed by atoms with Crippen LogP contribution in [0.5, 0.6) is 0 Å². The normalized spacial score (nSPS) is 14.9. The van der Waals surface area contributed by atoms with Crippen molar-refractivity contribution < 1.29 is 0 Å². The lowest BCUT2D eigenvalue weighted by atomic mass is 9.98. The molecule has 0 aromatic rings. The molecule has 0 rings (SSSR count). The highest BCUT2D eigenvalue weighted by Gasteiger charge is 2.08. The fourth-order valence-electron chi connectivity index (χ4n) is 1.48. The first-order valence-corrected chi connectivity index (χ1v) is 5.96. The number of allylic oxidation sites excluding steroid dienone is 1. The van der Waals surface area contributed by atoms with Crippen LogP contribution in [0.1, 0.15) is 53.9 Å². The topological polar surface area (TPSA) is 12.0 Å². The molecule has 0 heterocycles. The Bertz CT molecular complexity index is 157. The number of nitrogens with one attached hydrogen (secondary N) is 1. The molecule has 0 aliphatic rings. The molecule has 2 atom stereocenters. The van der Waals surface area contributed by atoms with Gasteiger partial charge in [-0.2, -0.15) is 0 Å². The Morgan fingerprint density at radius 2 is 1.86 bits per heavy atom. The minimum Gasteiger partial charge on any atom is -0.311 e. The molecule has 84 valence electrons. The van der Waals surface area contributed by atoms with Crippen molar-refractivity contribution in [2.24, 2.45) is 5.92 Å². The Morgan fingerprint density at radius 1 is 1.21 bits per heavy atom. The lowest BCUT2D eigenvalue weighted by Gasteiger charge is -2.19. The maximum atomic E-state index is 3.59. The predicted molar refractivity (Wildman–Crippen MR) is 65.6 cm³/mol. The minimum atomic E-state index is 0.695. The van der Waals surface area contributed by atoms with E-state index in [2.05, 4.69) is 46.0 Å². The van der Waals surface area contributed by atoms with Crippen LogP contribution in [0.15, 0.2) is 11.6 Å². The number of hydrogen-bond acceptors (Lipinski definition) is 1. The molecule has 0 saturated heterocycles. The summed E-state index contributed by atoms with van der Waals surface area (Å²) in [4.78, 5) is 0. The minimum absolute atomic E-state index is 0.695. The highest BCUT2D eigenvalue weighted by atomic mass is 14.9. The molecule has 0 aliphatic carbocycles. The molecule has 0 aromatic carbocycles. The second-order valence-electron chi connectivity index (χ2n) is 4.54. The summed E-state index contributed by atoms with van der Waals surface area (Å²) in [5.41, 5.74) is 1.40. The summed E-state index contributed by atoms with van der Waals surface area (Å²) in [7, 11) is 0. The molecular formula is C13H27N. The van der Waals surface area contributed by atoms with E-state index in [1.807, 2.05) is 0 Å². The van der Waals surface area contributed by atoms with Gasteiger partial charge in [-0.05, 0) is 32.6 Å². The van der Waals surface area contributed by atoms with E-state index in [0.29, 0.717) is 6.04 Å². The standard InChI is InChI=1S/C13H27N/c1-6-12(5)10-13(7-2)14-9-8-11(3)4/h8,12-14H,6-7,9-10H2,1-5H3. The maximum Gasteiger partial charge on any atom is 0.0139 e. The van der Waals surface area contributed by atoms with Crippen LogP contribution in [0, 0.1) is 5.92 Å². The predicted octanol–water partition coefficient (Wildman–Crippen LogP) is 3.76. The van der Waals surface area contributed by atoms with E-state index in [4.69, 9.17) is 0 Å². The van der Waals surface area contributed by atoms with E-state index >= 15 is 0 Å². The highest BCUT2D eigenvalue weighted by molar-refractivity contribution is 4.94. The zero-order chi connectivity index (χ0) is 11.0. The van der Waals surface area contributed by atoms with Crippen LogP contribution in [0.4, 0.5) is 0 Å². The molecule has 0 saturated carbocycles. The molecule has 0 fully saturated rings. The van der Waals surface area contributed by atoms with Crippen molar-refractivity contribution in [2.45, 2.75) is 59.9 Å². The van der Waals surface area contributed by atoms with Crippen molar-refractivity contribution >= 4 is 0 Å². The van der Waals surface area contributed by atoms with Gasteiger partial charge in [0.1, 0.15) is 0 Å². The van der Waals surface area contributed by atoms with E-state index in [1.54, 1.807) is 0 Å². The molecule has 0 spiro atoms. The van der Waals surface area contributed by atoms with Gasteiger partial charge in [-0.1, -0.05) is 38.8 Å². The molecule has 0 aromatic heterocycles. The van der Waals surface area contributed by atoms with Gasteiger partial charge in [0.05, 0.1) is 0 Å². The van der Waals surface area contributed by atoms with Gasteiger partial charge in [-0.25, -0.2) is 0 Å². The first-order valence-electron chi connectivity index (χ1n) is 5.96. The summed E-state index contributed by atoms with van der Waals surface area (Å²) < 4.78 is 0. The lowest BCUT2D eigenvalue weighted by molar-refractivity contribution is 0.396. The lowest BCUT2D eigenvalue weighted by Crippen LogP contribution is -2.30. The van der Waals surface area contributed by atoms with Crippen molar-refractivity contribution in [3.05, 3.63) is 11.6 Å². The zero-order valence-corrected chi connectivity index (χ0v) is 10.6. The van der Waals surface area contributed by atoms with Gasteiger partial charge in [0.25, 0.3) is 0 Å². The number of hydrogen-bond donors (Lipinski definition) is 1. The van der Waals surface area contributed by atoms with E-state index in [-0.39, 0.29) is 0 Å². The molecule has 0 radical (unpaired) electrons. The molecule has 1 heteroatoms. The van der Waals surface area contributed by atoms with E-state index in [1.165, 1.54) is 24.8 Å². The monoisotopic (exact) mass is 197 g/mol. The molecule has 0 amide bonds. The third-order valence-electron chi connectivity index (χ3n) is 2.79. The van der Waals surface area contributed by atoms with Gasteiger partial charge in [-0.3, -0.25) is 0 Å². The molecule has 14 heavy (non-hydrogen) atoms. The highest BCUT2D eigenvalue weighted by Crippen LogP contribution is 2.11. The van der Waals surface area contributed by atoms with Crippen LogP contribution in [0.3, 0.4) is 0 Å². The van der Waals surface area contributed by atoms with Gasteiger partial charge in [-0.15, -0.1) is 0 Å². The van der Waals surface area contributed by atoms with Gasteiger partial charge >= 0.3 is 0 Å². The Balaban J connectivity index is 3.74. The summed E-state index contributed by atoms with van der Waals surface area (Å²) in [5.74, 6) is 0.846. The van der Waals surface area contributed by atoms with Crippen LogP contribution >= 0.6 is 0 Å². The first kappa shape index (κ1) is 13.7. The van der Waals surface area contributed by atoms with Gasteiger partial charge < -0.3 is 5.32 Å². The van der Waals surface area contributed by atoms with E-state index < -0.39 is 0 Å². The summed E-state index contributed by atoms with van der Waals surface area (Å²) in [5, 5.41) is 3.59. The average molecular weight is 197 g/mol. The molecule has 0 aliphatic heterocycles. The van der Waals surface area contributed by atoms with E-state index in [0.717, 1.165) is 12.5 Å². The summed E-state index contributed by atoms with van der Waals surface area (Å²) >= 11 is 0. The smallest absolute Gasteiger partial charge is 0.0139 e. The largest absolute Gasteiger partial charge is 0.311 e. The summed E-state index contributed by atoms with van der Waals surface area (Å²) in [6, 6.07) is 0.695. The van der Waals surface area contributed by atoms with Crippen LogP contribution in [-0.2, 0) is 0 Å². The molecule has 0 bridgehead atoms. The molecule has 2 unspecified atom stereocenters. The third kappa shape index (κ3) is 7.14. The second-order valence-corrected chi connectivity index (χ2v) is 4.54. The fourth-order valence-corrected chi connectivity index (χ4v) is 1.48. The van der Waals surface area contributed by atoms with Crippen LogP contribution < -0.4 is 5.32 Å². The number of rotatable bonds is 7. The van der Waals surface area contributed by atoms with Crippen molar-refractivity contribution in [2.75, 3.05) is 6.54 Å². The van der Waals surface area contributed by atoms with Crippen molar-refractivity contribution in [1.82, 2.24) is 5.32 Å². The quantitative estimate of drug-likeness (QED) is 0.613. The summed E-state index contributed by atoms with van der Waals surface area (Å²) in [6.45, 7) is 12.2. The Morgan fingerprint density at radius 3 is 2.29 bits per heavy atom. The van der Waals surface area contributed by atoms with Crippen LogP contribution in [0.2, 0.25) is 0 Å². The van der Waals surface area contributed by atoms with Gasteiger partial charge in [0, 0.05) is 12.6 Å². The third-order valence-corrected chi connectivity index (χ3v) is 2.79. The Kier molecular flexibility index (Phi) is 7.87. The van der Waals surface area contributed by atoms with Crippen molar-refractivity contribution in [1.29, 1.82) is 0 Å². The van der Waals surface area contributed by atoms with Crippen molar-refractivity contribution in [3.8, 4) is 0 Å². The van der Waals surface area contributed by atoms with Crippen LogP contribution in [0.25, 0.3) is 0 Å². The maximum absolute atomic E-state index is 3.59. The Labute approximate surface area is 90.0 Å². The summed E-state index contributed by atoms with van der Waals surface area (Å²) in [6.07, 6.45) is 6.10. The van der Waals surface area contributed by atoms with Gasteiger partial charge in [0.2, 0.25) is 0 Å². The molecular weight excluding hydrogens is 170 g/mol. The Hall–Kier alpha value is -0.300. The second kappa shape index (κ2) is 8.05. The molecule has 1 N–H and O–H groups in total. The molecule has 1 nitrogen and oxygen atoms in total. The van der Waals surface area contributed by atoms with Gasteiger partial charge in [0.15, 0.2) is 0 Å².